The minimum atomic E-state index is -3.61. The van der Waals surface area contributed by atoms with E-state index < -0.39 is 10.0 Å². The standard InChI is InChI=1S/C13H19ClN2O3S/c1-3-11-8-19-5-4-16(11)20(17,18)13-7-10(14)6-12(15)9(13)2/h6-7,11H,3-5,8,15H2,1-2H3. The molecule has 2 N–H and O–H groups in total. The number of halogens is 1. The van der Waals surface area contributed by atoms with Gasteiger partial charge in [0.15, 0.2) is 0 Å². The molecule has 1 aliphatic heterocycles. The van der Waals surface area contributed by atoms with Crippen molar-refractivity contribution in [2.24, 2.45) is 0 Å². The average Bonchev–Trinajstić information content (AvgIpc) is 2.42. The number of rotatable bonds is 3. The number of nitrogen functional groups attached to an aromatic ring is 1. The fourth-order valence-corrected chi connectivity index (χ4v) is 4.59. The lowest BCUT2D eigenvalue weighted by Crippen LogP contribution is -2.48. The summed E-state index contributed by atoms with van der Waals surface area (Å²) in [7, 11) is -3.61. The van der Waals surface area contributed by atoms with E-state index in [0.717, 1.165) is 0 Å². The van der Waals surface area contributed by atoms with Crippen LogP contribution in [-0.4, -0.2) is 38.5 Å². The maximum atomic E-state index is 12.8. The number of nitrogens with zero attached hydrogens (tertiary/aromatic N) is 1. The van der Waals surface area contributed by atoms with Gasteiger partial charge in [-0.3, -0.25) is 0 Å². The van der Waals surface area contributed by atoms with Gasteiger partial charge in [0.1, 0.15) is 0 Å². The molecule has 1 atom stereocenters. The van der Waals surface area contributed by atoms with Gasteiger partial charge in [0.05, 0.1) is 18.1 Å². The van der Waals surface area contributed by atoms with Crippen LogP contribution in [0.4, 0.5) is 5.69 Å². The molecule has 2 rings (SSSR count). The highest BCUT2D eigenvalue weighted by atomic mass is 35.5. The Morgan fingerprint density at radius 1 is 1.50 bits per heavy atom. The van der Waals surface area contributed by atoms with E-state index in [0.29, 0.717) is 42.5 Å². The van der Waals surface area contributed by atoms with Gasteiger partial charge >= 0.3 is 0 Å². The molecule has 0 aliphatic carbocycles. The van der Waals surface area contributed by atoms with Gasteiger partial charge in [-0.1, -0.05) is 18.5 Å². The molecule has 112 valence electrons. The molecule has 1 unspecified atom stereocenters. The van der Waals surface area contributed by atoms with Crippen molar-refractivity contribution in [3.8, 4) is 0 Å². The smallest absolute Gasteiger partial charge is 0.243 e. The minimum Gasteiger partial charge on any atom is -0.398 e. The Morgan fingerprint density at radius 2 is 2.20 bits per heavy atom. The summed E-state index contributed by atoms with van der Waals surface area (Å²) < 4.78 is 32.5. The molecule has 0 amide bonds. The van der Waals surface area contributed by atoms with Crippen LogP contribution in [0.15, 0.2) is 17.0 Å². The summed E-state index contributed by atoms with van der Waals surface area (Å²) in [4.78, 5) is 0.183. The third kappa shape index (κ3) is 2.79. The van der Waals surface area contributed by atoms with Crippen LogP contribution < -0.4 is 5.73 Å². The molecule has 1 aromatic carbocycles. The minimum absolute atomic E-state index is 0.145. The van der Waals surface area contributed by atoms with Crippen LogP contribution in [0.3, 0.4) is 0 Å². The van der Waals surface area contributed by atoms with Gasteiger partial charge < -0.3 is 10.5 Å². The van der Waals surface area contributed by atoms with Crippen molar-refractivity contribution < 1.29 is 13.2 Å². The van der Waals surface area contributed by atoms with E-state index in [2.05, 4.69) is 0 Å². The number of anilines is 1. The SMILES string of the molecule is CCC1COCCN1S(=O)(=O)c1cc(Cl)cc(N)c1C. The predicted molar refractivity (Wildman–Crippen MR) is 79.4 cm³/mol. The lowest BCUT2D eigenvalue weighted by atomic mass is 10.2. The van der Waals surface area contributed by atoms with Gasteiger partial charge in [0, 0.05) is 23.3 Å². The maximum absolute atomic E-state index is 12.8. The van der Waals surface area contributed by atoms with Crippen molar-refractivity contribution in [2.45, 2.75) is 31.2 Å². The van der Waals surface area contributed by atoms with Crippen LogP contribution in [0.5, 0.6) is 0 Å². The first kappa shape index (κ1) is 15.6. The summed E-state index contributed by atoms with van der Waals surface area (Å²) in [5.74, 6) is 0. The normalized spacial score (nSPS) is 21.1. The van der Waals surface area contributed by atoms with E-state index >= 15 is 0 Å². The van der Waals surface area contributed by atoms with Crippen LogP contribution >= 0.6 is 11.6 Å². The summed E-state index contributed by atoms with van der Waals surface area (Å²) >= 11 is 5.95. The Morgan fingerprint density at radius 3 is 2.85 bits per heavy atom. The summed E-state index contributed by atoms with van der Waals surface area (Å²) in [6.07, 6.45) is 0.703. The molecule has 0 bridgehead atoms. The van der Waals surface area contributed by atoms with Crippen LogP contribution in [0.1, 0.15) is 18.9 Å². The second kappa shape index (κ2) is 5.89. The predicted octanol–water partition coefficient (Wildman–Crippen LogP) is 2.03. The fourth-order valence-electron chi connectivity index (χ4n) is 2.35. The molecule has 0 radical (unpaired) electrons. The largest absolute Gasteiger partial charge is 0.398 e. The van der Waals surface area contributed by atoms with E-state index in [9.17, 15) is 8.42 Å². The monoisotopic (exact) mass is 318 g/mol. The number of nitrogens with two attached hydrogens (primary N) is 1. The van der Waals surface area contributed by atoms with Crippen molar-refractivity contribution in [1.29, 1.82) is 0 Å². The number of ether oxygens (including phenoxy) is 1. The zero-order valence-electron chi connectivity index (χ0n) is 11.6. The van der Waals surface area contributed by atoms with Gasteiger partial charge in [-0.2, -0.15) is 4.31 Å². The summed E-state index contributed by atoms with van der Waals surface area (Å²) in [5.41, 5.74) is 6.75. The molecular formula is C13H19ClN2O3S. The number of morpholine rings is 1. The molecule has 1 fully saturated rings. The van der Waals surface area contributed by atoms with Crippen LogP contribution in [0.25, 0.3) is 0 Å². The molecule has 0 spiro atoms. The van der Waals surface area contributed by atoms with E-state index in [1.807, 2.05) is 6.92 Å². The van der Waals surface area contributed by atoms with Crippen molar-refractivity contribution in [3.05, 3.63) is 22.7 Å². The van der Waals surface area contributed by atoms with Crippen LogP contribution in [-0.2, 0) is 14.8 Å². The topological polar surface area (TPSA) is 72.6 Å². The number of sulfonamides is 1. The first-order valence-corrected chi connectivity index (χ1v) is 8.35. The molecule has 1 heterocycles. The Hall–Kier alpha value is -0.820. The number of hydrogen-bond donors (Lipinski definition) is 1. The Kier molecular flexibility index (Phi) is 4.59. The zero-order valence-corrected chi connectivity index (χ0v) is 13.2. The Bertz CT molecular complexity index is 604. The maximum Gasteiger partial charge on any atom is 0.243 e. The Labute approximate surface area is 124 Å². The first-order valence-electron chi connectivity index (χ1n) is 6.53. The van der Waals surface area contributed by atoms with Gasteiger partial charge in [-0.05, 0) is 31.0 Å². The van der Waals surface area contributed by atoms with E-state index in [-0.39, 0.29) is 10.9 Å². The lowest BCUT2D eigenvalue weighted by molar-refractivity contribution is 0.0314. The molecule has 1 aromatic rings. The number of benzene rings is 1. The van der Waals surface area contributed by atoms with Crippen molar-refractivity contribution in [3.63, 3.8) is 0 Å². The molecule has 0 aromatic heterocycles. The van der Waals surface area contributed by atoms with Crippen LogP contribution in [0, 0.1) is 6.92 Å². The summed E-state index contributed by atoms with van der Waals surface area (Å²) in [5, 5.41) is 0.327. The lowest BCUT2D eigenvalue weighted by Gasteiger charge is -2.34. The highest BCUT2D eigenvalue weighted by Crippen LogP contribution is 2.30. The summed E-state index contributed by atoms with van der Waals surface area (Å²) in [6, 6.07) is 2.88. The fraction of sp³-hybridized carbons (Fsp3) is 0.538. The number of hydrogen-bond acceptors (Lipinski definition) is 4. The molecule has 5 nitrogen and oxygen atoms in total. The molecular weight excluding hydrogens is 300 g/mol. The van der Waals surface area contributed by atoms with Gasteiger partial charge in [0.25, 0.3) is 0 Å². The second-order valence-electron chi connectivity index (χ2n) is 4.87. The highest BCUT2D eigenvalue weighted by Gasteiger charge is 2.34. The van der Waals surface area contributed by atoms with Crippen molar-refractivity contribution in [2.75, 3.05) is 25.5 Å². The van der Waals surface area contributed by atoms with Crippen LogP contribution in [0.2, 0.25) is 5.02 Å². The van der Waals surface area contributed by atoms with Crippen molar-refractivity contribution >= 4 is 27.3 Å². The second-order valence-corrected chi connectivity index (χ2v) is 7.17. The molecule has 20 heavy (non-hydrogen) atoms. The zero-order chi connectivity index (χ0) is 14.9. The molecule has 1 saturated heterocycles. The van der Waals surface area contributed by atoms with Gasteiger partial charge in [0.2, 0.25) is 10.0 Å². The first-order chi connectivity index (χ1) is 9.37. The third-order valence-corrected chi connectivity index (χ3v) is 5.89. The van der Waals surface area contributed by atoms with E-state index in [1.54, 1.807) is 13.0 Å². The summed E-state index contributed by atoms with van der Waals surface area (Å²) in [6.45, 7) is 4.82. The molecule has 1 aliphatic rings. The van der Waals surface area contributed by atoms with E-state index in [4.69, 9.17) is 22.1 Å². The average molecular weight is 319 g/mol. The molecule has 7 heteroatoms. The van der Waals surface area contributed by atoms with Gasteiger partial charge in [-0.25, -0.2) is 8.42 Å². The highest BCUT2D eigenvalue weighted by molar-refractivity contribution is 7.89. The van der Waals surface area contributed by atoms with Crippen molar-refractivity contribution in [1.82, 2.24) is 4.31 Å². The third-order valence-electron chi connectivity index (χ3n) is 3.60. The molecule has 0 saturated carbocycles. The van der Waals surface area contributed by atoms with E-state index in [1.165, 1.54) is 10.4 Å². The quantitative estimate of drug-likeness (QED) is 0.865. The Balaban J connectivity index is 2.49. The van der Waals surface area contributed by atoms with Gasteiger partial charge in [-0.15, -0.1) is 0 Å².